The second-order valence-corrected chi connectivity index (χ2v) is 3.86. The minimum absolute atomic E-state index is 0.0496. The van der Waals surface area contributed by atoms with Gasteiger partial charge in [-0.15, -0.1) is 0 Å². The molecule has 1 fully saturated rings. The number of hydrogen-bond donors (Lipinski definition) is 1. The van der Waals surface area contributed by atoms with Crippen molar-refractivity contribution < 1.29 is 5.11 Å². The molecule has 0 spiro atoms. The molecule has 0 bridgehead atoms. The van der Waals surface area contributed by atoms with Crippen molar-refractivity contribution in [2.45, 2.75) is 12.1 Å². The van der Waals surface area contributed by atoms with Crippen molar-refractivity contribution in [1.29, 1.82) is 0 Å². The second kappa shape index (κ2) is 4.98. The SMILES string of the molecule is [N-]=[N+]=NCCN1C[C@H](O)[C@@H](n2ccnc2)C1. The highest BCUT2D eigenvalue weighted by Gasteiger charge is 2.31. The van der Waals surface area contributed by atoms with Gasteiger partial charge >= 0.3 is 0 Å². The quantitative estimate of drug-likeness (QED) is 0.454. The number of aromatic nitrogens is 2. The fourth-order valence-electron chi connectivity index (χ4n) is 2.02. The Morgan fingerprint density at radius 1 is 1.56 bits per heavy atom. The molecule has 0 unspecified atom stereocenters. The van der Waals surface area contributed by atoms with Crippen molar-refractivity contribution in [2.24, 2.45) is 5.11 Å². The Labute approximate surface area is 92.9 Å². The van der Waals surface area contributed by atoms with Crippen LogP contribution >= 0.6 is 0 Å². The first-order chi connectivity index (χ1) is 7.81. The largest absolute Gasteiger partial charge is 0.390 e. The van der Waals surface area contributed by atoms with E-state index in [4.69, 9.17) is 5.53 Å². The number of β-amino-alcohol motifs (C(OH)–C–C–N with tert-alkyl or cyclic N) is 1. The van der Waals surface area contributed by atoms with E-state index in [0.29, 0.717) is 19.6 Å². The van der Waals surface area contributed by atoms with Crippen molar-refractivity contribution in [1.82, 2.24) is 14.5 Å². The van der Waals surface area contributed by atoms with Crippen LogP contribution in [0.3, 0.4) is 0 Å². The summed E-state index contributed by atoms with van der Waals surface area (Å²) >= 11 is 0. The Morgan fingerprint density at radius 2 is 2.44 bits per heavy atom. The van der Waals surface area contributed by atoms with Gasteiger partial charge < -0.3 is 9.67 Å². The van der Waals surface area contributed by atoms with E-state index in [0.717, 1.165) is 6.54 Å². The molecule has 7 heteroatoms. The molecule has 1 saturated heterocycles. The van der Waals surface area contributed by atoms with Crippen LogP contribution < -0.4 is 0 Å². The predicted molar refractivity (Wildman–Crippen MR) is 57.7 cm³/mol. The van der Waals surface area contributed by atoms with E-state index in [1.807, 2.05) is 10.8 Å². The number of likely N-dealkylation sites (tertiary alicyclic amines) is 1. The van der Waals surface area contributed by atoms with E-state index >= 15 is 0 Å². The standard InChI is InChI=1S/C9H14N6O/c10-13-12-2-3-14-5-8(9(16)6-14)15-4-1-11-7-15/h1,4,7-9,16H,2-3,5-6H2/t8-,9-/m0/s1. The van der Waals surface area contributed by atoms with Gasteiger partial charge in [0, 0.05) is 43.5 Å². The minimum atomic E-state index is -0.389. The van der Waals surface area contributed by atoms with Crippen LogP contribution in [-0.4, -0.2) is 51.8 Å². The molecular formula is C9H14N6O. The molecule has 1 N–H and O–H groups in total. The van der Waals surface area contributed by atoms with Gasteiger partial charge in [0.1, 0.15) is 0 Å². The Kier molecular flexibility index (Phi) is 3.40. The maximum Gasteiger partial charge on any atom is 0.0949 e. The zero-order valence-corrected chi connectivity index (χ0v) is 8.85. The number of aliphatic hydroxyl groups is 1. The van der Waals surface area contributed by atoms with Crippen molar-refractivity contribution in [3.05, 3.63) is 29.2 Å². The van der Waals surface area contributed by atoms with Gasteiger partial charge in [0.25, 0.3) is 0 Å². The molecule has 7 nitrogen and oxygen atoms in total. The first-order valence-corrected chi connectivity index (χ1v) is 5.20. The maximum absolute atomic E-state index is 9.89. The summed E-state index contributed by atoms with van der Waals surface area (Å²) in [4.78, 5) is 8.76. The van der Waals surface area contributed by atoms with Gasteiger partial charge in [0.15, 0.2) is 0 Å². The summed E-state index contributed by atoms with van der Waals surface area (Å²) < 4.78 is 1.91. The summed E-state index contributed by atoms with van der Waals surface area (Å²) in [5, 5.41) is 13.4. The fraction of sp³-hybridized carbons (Fsp3) is 0.667. The van der Waals surface area contributed by atoms with Gasteiger partial charge in [-0.25, -0.2) is 4.98 Å². The van der Waals surface area contributed by atoms with Crippen molar-refractivity contribution in [3.8, 4) is 0 Å². The van der Waals surface area contributed by atoms with E-state index in [9.17, 15) is 5.11 Å². The first-order valence-electron chi connectivity index (χ1n) is 5.20. The molecule has 1 aromatic heterocycles. The number of aliphatic hydroxyl groups excluding tert-OH is 1. The number of rotatable bonds is 4. The van der Waals surface area contributed by atoms with Gasteiger partial charge in [-0.3, -0.25) is 4.90 Å². The Hall–Kier alpha value is -1.56. The number of nitrogens with zero attached hydrogens (tertiary/aromatic N) is 6. The lowest BCUT2D eigenvalue weighted by molar-refractivity contribution is 0.144. The molecule has 0 radical (unpaired) electrons. The van der Waals surface area contributed by atoms with E-state index in [2.05, 4.69) is 19.9 Å². The van der Waals surface area contributed by atoms with Crippen LogP contribution in [0.25, 0.3) is 10.4 Å². The summed E-state index contributed by atoms with van der Waals surface area (Å²) in [6, 6.07) is 0.0496. The van der Waals surface area contributed by atoms with E-state index < -0.39 is 0 Å². The van der Waals surface area contributed by atoms with Gasteiger partial charge in [-0.05, 0) is 5.53 Å². The number of azide groups is 1. The lowest BCUT2D eigenvalue weighted by Gasteiger charge is -2.15. The smallest absolute Gasteiger partial charge is 0.0949 e. The van der Waals surface area contributed by atoms with E-state index in [-0.39, 0.29) is 12.1 Å². The van der Waals surface area contributed by atoms with Crippen molar-refractivity contribution >= 4 is 0 Å². The highest BCUT2D eigenvalue weighted by Crippen LogP contribution is 2.21. The minimum Gasteiger partial charge on any atom is -0.390 e. The molecule has 2 rings (SSSR count). The van der Waals surface area contributed by atoms with Crippen molar-refractivity contribution in [2.75, 3.05) is 26.2 Å². The van der Waals surface area contributed by atoms with Gasteiger partial charge in [0.05, 0.1) is 18.5 Å². The third kappa shape index (κ3) is 2.33. The van der Waals surface area contributed by atoms with Crippen LogP contribution in [0.2, 0.25) is 0 Å². The maximum atomic E-state index is 9.89. The highest BCUT2D eigenvalue weighted by molar-refractivity contribution is 4.92. The molecule has 1 aliphatic rings. The summed E-state index contributed by atoms with van der Waals surface area (Å²) in [6.45, 7) is 2.51. The third-order valence-electron chi connectivity index (χ3n) is 2.82. The fourth-order valence-corrected chi connectivity index (χ4v) is 2.02. The molecule has 1 aliphatic heterocycles. The molecule has 0 aromatic carbocycles. The van der Waals surface area contributed by atoms with Crippen LogP contribution in [0.5, 0.6) is 0 Å². The summed E-state index contributed by atoms with van der Waals surface area (Å²) in [5.41, 5.74) is 8.17. The normalized spacial score (nSPS) is 25.6. The predicted octanol–water partition coefficient (Wildman–Crippen LogP) is 0.411. The lowest BCUT2D eigenvalue weighted by Crippen LogP contribution is -2.24. The molecular weight excluding hydrogens is 208 g/mol. The van der Waals surface area contributed by atoms with Gasteiger partial charge in [0.2, 0.25) is 0 Å². The Morgan fingerprint density at radius 3 is 3.12 bits per heavy atom. The van der Waals surface area contributed by atoms with E-state index in [1.165, 1.54) is 0 Å². The molecule has 0 amide bonds. The van der Waals surface area contributed by atoms with Crippen LogP contribution in [0.1, 0.15) is 6.04 Å². The topological polar surface area (TPSA) is 90.0 Å². The first kappa shape index (κ1) is 10.9. The molecule has 2 heterocycles. The van der Waals surface area contributed by atoms with Gasteiger partial charge in [-0.2, -0.15) is 0 Å². The molecule has 86 valence electrons. The summed E-state index contributed by atoms with van der Waals surface area (Å²) in [5.74, 6) is 0. The van der Waals surface area contributed by atoms with E-state index in [1.54, 1.807) is 12.5 Å². The molecule has 1 aromatic rings. The van der Waals surface area contributed by atoms with Crippen LogP contribution in [0, 0.1) is 0 Å². The van der Waals surface area contributed by atoms with Crippen molar-refractivity contribution in [3.63, 3.8) is 0 Å². The lowest BCUT2D eigenvalue weighted by atomic mass is 10.2. The van der Waals surface area contributed by atoms with Gasteiger partial charge in [-0.1, -0.05) is 5.11 Å². The molecule has 2 atom stereocenters. The van der Waals surface area contributed by atoms with Crippen LogP contribution in [-0.2, 0) is 0 Å². The average Bonchev–Trinajstić information content (AvgIpc) is 2.87. The second-order valence-electron chi connectivity index (χ2n) is 3.86. The van der Waals surface area contributed by atoms with Crippen LogP contribution in [0.4, 0.5) is 0 Å². The zero-order valence-electron chi connectivity index (χ0n) is 8.85. The molecule has 16 heavy (non-hydrogen) atoms. The monoisotopic (exact) mass is 222 g/mol. The number of hydrogen-bond acceptors (Lipinski definition) is 4. The Balaban J connectivity index is 1.91. The zero-order chi connectivity index (χ0) is 11.4. The number of imidazole rings is 1. The Bertz CT molecular complexity index is 371. The third-order valence-corrected chi connectivity index (χ3v) is 2.82. The average molecular weight is 222 g/mol. The summed E-state index contributed by atoms with van der Waals surface area (Å²) in [7, 11) is 0. The summed E-state index contributed by atoms with van der Waals surface area (Å²) in [6.07, 6.45) is 4.88. The molecule has 0 saturated carbocycles. The molecule has 0 aliphatic carbocycles. The highest BCUT2D eigenvalue weighted by atomic mass is 16.3. The van der Waals surface area contributed by atoms with Crippen LogP contribution in [0.15, 0.2) is 23.8 Å².